The maximum atomic E-state index is 13.7. The minimum Gasteiger partial charge on any atom is -0.377 e. The Morgan fingerprint density at radius 1 is 1.11 bits per heavy atom. The van der Waals surface area contributed by atoms with Crippen LogP contribution in [0.25, 0.3) is 0 Å². The van der Waals surface area contributed by atoms with Crippen LogP contribution in [-0.2, 0) is 9.53 Å². The standard InChI is InChI=1S/C26H36N8O2/c27-23-19(17-4-1-5-21-20(17)10-29-33-21)7-18(15-9-30-34(11-15)16-12-36-13-16)24-22(23)26(35)32-25(31-24)14-3-2-6-28-8-14/h2-3,6,8-9,11,16-25,29,31,33H,1,4-5,7,10,12-13,27H2,(H,32,35). The van der Waals surface area contributed by atoms with E-state index in [1.165, 1.54) is 24.8 Å². The molecule has 2 aromatic heterocycles. The molecular formula is C26H36N8O2. The highest BCUT2D eigenvalue weighted by molar-refractivity contribution is 5.82. The highest BCUT2D eigenvalue weighted by Crippen LogP contribution is 2.49. The molecule has 0 radical (unpaired) electrons. The monoisotopic (exact) mass is 492 g/mol. The van der Waals surface area contributed by atoms with Crippen molar-refractivity contribution in [3.8, 4) is 0 Å². The topological polar surface area (TPSA) is 131 Å². The zero-order valence-corrected chi connectivity index (χ0v) is 20.4. The molecule has 0 bridgehead atoms. The summed E-state index contributed by atoms with van der Waals surface area (Å²) in [4.78, 5) is 18.0. The van der Waals surface area contributed by atoms with Gasteiger partial charge in [0.15, 0.2) is 0 Å². The summed E-state index contributed by atoms with van der Waals surface area (Å²) < 4.78 is 7.44. The Morgan fingerprint density at radius 2 is 2.03 bits per heavy atom. The average molecular weight is 493 g/mol. The van der Waals surface area contributed by atoms with Crippen molar-refractivity contribution in [2.75, 3.05) is 19.8 Å². The second kappa shape index (κ2) is 9.18. The van der Waals surface area contributed by atoms with Crippen LogP contribution in [0, 0.1) is 23.7 Å². The molecule has 2 aromatic rings. The van der Waals surface area contributed by atoms with Crippen LogP contribution in [0.1, 0.15) is 54.9 Å². The number of carbonyl (C=O) groups is 1. The van der Waals surface area contributed by atoms with Crippen LogP contribution >= 0.6 is 0 Å². The second-order valence-corrected chi connectivity index (χ2v) is 11.4. The number of pyridine rings is 1. The Kier molecular flexibility index (Phi) is 5.81. The zero-order chi connectivity index (χ0) is 24.2. The SMILES string of the molecule is NC1C(C2CCCC3NNCC32)CC(c2cnn(C3COC3)c2)C2NC(c3cccnc3)NC(=O)C12. The number of nitrogens with zero attached hydrogens (tertiary/aromatic N) is 3. The van der Waals surface area contributed by atoms with Gasteiger partial charge in [-0.2, -0.15) is 5.10 Å². The number of ether oxygens (including phenoxy) is 1. The normalized spacial score (nSPS) is 40.7. The Labute approximate surface area is 211 Å². The zero-order valence-electron chi connectivity index (χ0n) is 20.4. The summed E-state index contributed by atoms with van der Waals surface area (Å²) in [5.74, 6) is 1.25. The van der Waals surface area contributed by atoms with Crippen molar-refractivity contribution in [3.63, 3.8) is 0 Å². The third-order valence-electron chi connectivity index (χ3n) is 9.56. The van der Waals surface area contributed by atoms with Crippen LogP contribution in [-0.4, -0.2) is 58.6 Å². The van der Waals surface area contributed by atoms with E-state index >= 15 is 0 Å². The van der Waals surface area contributed by atoms with Gasteiger partial charge in [-0.1, -0.05) is 12.5 Å². The molecule has 36 heavy (non-hydrogen) atoms. The summed E-state index contributed by atoms with van der Waals surface area (Å²) >= 11 is 0. The van der Waals surface area contributed by atoms with E-state index in [4.69, 9.17) is 15.6 Å². The van der Waals surface area contributed by atoms with E-state index in [1.807, 2.05) is 29.2 Å². The largest absolute Gasteiger partial charge is 0.377 e. The van der Waals surface area contributed by atoms with Crippen LogP contribution < -0.4 is 27.2 Å². The summed E-state index contributed by atoms with van der Waals surface area (Å²) in [7, 11) is 0. The first kappa shape index (κ1) is 22.8. The highest BCUT2D eigenvalue weighted by Gasteiger charge is 2.54. The van der Waals surface area contributed by atoms with Crippen LogP contribution in [0.15, 0.2) is 36.9 Å². The minimum absolute atomic E-state index is 0.0459. The van der Waals surface area contributed by atoms with Gasteiger partial charge >= 0.3 is 0 Å². The van der Waals surface area contributed by atoms with Crippen molar-refractivity contribution in [1.29, 1.82) is 0 Å². The first-order chi connectivity index (χ1) is 17.7. The molecule has 3 saturated heterocycles. The molecular weight excluding hydrogens is 456 g/mol. The molecule has 10 nitrogen and oxygen atoms in total. The number of fused-ring (bicyclic) bond motifs is 2. The molecule has 5 aliphatic rings. The number of hydrazine groups is 1. The number of hydrogen-bond acceptors (Lipinski definition) is 8. The fourth-order valence-corrected chi connectivity index (χ4v) is 7.65. The number of nitrogens with two attached hydrogens (primary N) is 1. The summed E-state index contributed by atoms with van der Waals surface area (Å²) in [5.41, 5.74) is 16.1. The molecule has 9 unspecified atom stereocenters. The quantitative estimate of drug-likeness (QED) is 0.419. The Hall–Kier alpha value is -2.37. The minimum atomic E-state index is -0.292. The Balaban J connectivity index is 1.23. The molecule has 192 valence electrons. The van der Waals surface area contributed by atoms with Crippen LogP contribution in [0.2, 0.25) is 0 Å². The number of amides is 1. The van der Waals surface area contributed by atoms with Gasteiger partial charge in [0.2, 0.25) is 5.91 Å². The smallest absolute Gasteiger partial charge is 0.227 e. The summed E-state index contributed by atoms with van der Waals surface area (Å²) in [6.45, 7) is 2.39. The fraction of sp³-hybridized carbons (Fsp3) is 0.654. The first-order valence-electron chi connectivity index (χ1n) is 13.5. The van der Waals surface area contributed by atoms with Gasteiger partial charge in [0.25, 0.3) is 0 Å². The van der Waals surface area contributed by atoms with Gasteiger partial charge < -0.3 is 15.8 Å². The van der Waals surface area contributed by atoms with Gasteiger partial charge in [0.05, 0.1) is 31.4 Å². The predicted octanol–water partition coefficient (Wildman–Crippen LogP) is 0.576. The number of hydrogen-bond donors (Lipinski definition) is 5. The van der Waals surface area contributed by atoms with Crippen molar-refractivity contribution in [2.45, 2.75) is 61.9 Å². The van der Waals surface area contributed by atoms with Crippen molar-refractivity contribution >= 4 is 5.91 Å². The predicted molar refractivity (Wildman–Crippen MR) is 132 cm³/mol. The van der Waals surface area contributed by atoms with Gasteiger partial charge in [-0.25, -0.2) is 0 Å². The van der Waals surface area contributed by atoms with Gasteiger partial charge in [-0.15, -0.1) is 0 Å². The summed E-state index contributed by atoms with van der Waals surface area (Å²) in [6.07, 6.45) is 12.0. The number of nitrogens with one attached hydrogen (secondary N) is 4. The van der Waals surface area contributed by atoms with Crippen molar-refractivity contribution in [3.05, 3.63) is 48.0 Å². The average Bonchev–Trinajstić information content (AvgIpc) is 3.54. The summed E-state index contributed by atoms with van der Waals surface area (Å²) in [5, 5.41) is 11.7. The Morgan fingerprint density at radius 3 is 2.83 bits per heavy atom. The highest BCUT2D eigenvalue weighted by atomic mass is 16.5. The molecule has 10 heteroatoms. The number of carbonyl (C=O) groups excluding carboxylic acids is 1. The molecule has 2 saturated carbocycles. The van der Waals surface area contributed by atoms with Crippen molar-refractivity contribution in [1.82, 2.24) is 36.2 Å². The molecule has 3 aliphatic heterocycles. The number of rotatable bonds is 4. The van der Waals surface area contributed by atoms with E-state index < -0.39 is 0 Å². The lowest BCUT2D eigenvalue weighted by atomic mass is 9.58. The second-order valence-electron chi connectivity index (χ2n) is 11.4. The molecule has 0 spiro atoms. The molecule has 9 atom stereocenters. The fourth-order valence-electron chi connectivity index (χ4n) is 7.65. The molecule has 6 N–H and O–H groups in total. The van der Waals surface area contributed by atoms with Gasteiger partial charge in [-0.05, 0) is 48.6 Å². The molecule has 1 amide bonds. The van der Waals surface area contributed by atoms with E-state index in [0.29, 0.717) is 37.1 Å². The van der Waals surface area contributed by atoms with Gasteiger partial charge in [-0.3, -0.25) is 30.6 Å². The van der Waals surface area contributed by atoms with E-state index in [9.17, 15) is 4.79 Å². The lowest BCUT2D eigenvalue weighted by molar-refractivity contribution is -0.134. The lowest BCUT2D eigenvalue weighted by Crippen LogP contribution is -2.67. The lowest BCUT2D eigenvalue weighted by Gasteiger charge is -2.53. The molecule has 2 aliphatic carbocycles. The molecule has 5 fully saturated rings. The van der Waals surface area contributed by atoms with Gasteiger partial charge in [0, 0.05) is 54.7 Å². The summed E-state index contributed by atoms with van der Waals surface area (Å²) in [6, 6.07) is 4.46. The third-order valence-corrected chi connectivity index (χ3v) is 9.56. The van der Waals surface area contributed by atoms with Gasteiger partial charge in [0.1, 0.15) is 6.17 Å². The van der Waals surface area contributed by atoms with Crippen LogP contribution in [0.3, 0.4) is 0 Å². The van der Waals surface area contributed by atoms with Crippen molar-refractivity contribution in [2.24, 2.45) is 29.4 Å². The molecule has 5 heterocycles. The molecule has 0 aromatic carbocycles. The maximum absolute atomic E-state index is 13.7. The maximum Gasteiger partial charge on any atom is 0.227 e. The van der Waals surface area contributed by atoms with Crippen LogP contribution in [0.4, 0.5) is 0 Å². The van der Waals surface area contributed by atoms with Crippen LogP contribution in [0.5, 0.6) is 0 Å². The van der Waals surface area contributed by atoms with E-state index in [-0.39, 0.29) is 41.9 Å². The Bertz CT molecular complexity index is 1090. The van der Waals surface area contributed by atoms with E-state index in [2.05, 4.69) is 32.7 Å². The van der Waals surface area contributed by atoms with E-state index in [0.717, 1.165) is 18.5 Å². The van der Waals surface area contributed by atoms with Crippen molar-refractivity contribution < 1.29 is 9.53 Å². The van der Waals surface area contributed by atoms with E-state index in [1.54, 1.807) is 6.20 Å². The molecule has 7 rings (SSSR count). The third kappa shape index (κ3) is 3.78. The number of aromatic nitrogens is 3. The first-order valence-corrected chi connectivity index (χ1v) is 13.5.